The highest BCUT2D eigenvalue weighted by Crippen LogP contribution is 2.36. The van der Waals surface area contributed by atoms with Crippen molar-refractivity contribution in [2.45, 2.75) is 5.79 Å². The fraction of sp³-hybridized carbons (Fsp3) is 0.211. The minimum atomic E-state index is -3.13. The third-order valence-electron chi connectivity index (χ3n) is 3.65. The van der Waals surface area contributed by atoms with Crippen molar-refractivity contribution in [3.8, 4) is 22.7 Å². The van der Waals surface area contributed by atoms with Crippen LogP contribution in [-0.4, -0.2) is 37.0 Å². The zero-order valence-electron chi connectivity index (χ0n) is 15.2. The lowest BCUT2D eigenvalue weighted by molar-refractivity contribution is -0.00357. The number of nitrogens with zero attached hydrogens (tertiary/aromatic N) is 2. The average molecular weight is 394 g/mol. The van der Waals surface area contributed by atoms with E-state index in [0.29, 0.717) is 29.0 Å². The molecule has 5 nitrogen and oxygen atoms in total. The van der Waals surface area contributed by atoms with Crippen LogP contribution in [-0.2, 0) is 10.5 Å². The molecule has 0 spiro atoms. The number of halogens is 2. The Labute approximate surface area is 158 Å². The number of ether oxygens (including phenoxy) is 2. The number of carbonyl (C=O) groups excluding carboxylic acids is 1. The molecule has 1 atom stereocenters. The lowest BCUT2D eigenvalue weighted by Crippen LogP contribution is -2.30. The second-order valence-electron chi connectivity index (χ2n) is 5.60. The molecule has 0 amide bonds. The van der Waals surface area contributed by atoms with Crippen LogP contribution in [0.1, 0.15) is 10.4 Å². The topological polar surface area (TPSA) is 45.4 Å². The number of hydrogen-bond acceptors (Lipinski definition) is 3. The molecule has 0 aliphatic carbocycles. The zero-order chi connectivity index (χ0) is 20.0. The van der Waals surface area contributed by atoms with E-state index in [-0.39, 0.29) is 0 Å². The molecule has 0 N–H and O–H groups in total. The van der Waals surface area contributed by atoms with Gasteiger partial charge in [-0.3, -0.25) is 4.79 Å². The number of hydrogen-bond donors (Lipinski definition) is 0. The molecule has 0 saturated carbocycles. The Morgan fingerprint density at radius 2 is 1.56 bits per heavy atom. The van der Waals surface area contributed by atoms with E-state index in [1.807, 2.05) is 0 Å². The van der Waals surface area contributed by atoms with Crippen molar-refractivity contribution < 1.29 is 23.0 Å². The largest absolute Gasteiger partial charge is 0.497 e. The fourth-order valence-corrected chi connectivity index (χ4v) is 2.61. The van der Waals surface area contributed by atoms with Crippen molar-refractivity contribution in [3.63, 3.8) is 0 Å². The molecule has 0 saturated heterocycles. The molecule has 0 bridgehead atoms. The Balaban J connectivity index is 0.000000817. The summed E-state index contributed by atoms with van der Waals surface area (Å²) >= 11 is 0. The van der Waals surface area contributed by atoms with Gasteiger partial charge in [0.2, 0.25) is 0 Å². The molecule has 2 aromatic carbocycles. The van der Waals surface area contributed by atoms with E-state index >= 15 is 0 Å². The Kier molecular flexibility index (Phi) is 6.88. The van der Waals surface area contributed by atoms with Crippen molar-refractivity contribution in [1.29, 1.82) is 0 Å². The molecule has 8 heteroatoms. The summed E-state index contributed by atoms with van der Waals surface area (Å²) in [6, 6.07) is 13.6. The maximum Gasteiger partial charge on any atom is 0.353 e. The molecule has 1 heterocycles. The van der Waals surface area contributed by atoms with Gasteiger partial charge in [-0.2, -0.15) is 8.78 Å². The number of rotatable bonds is 5. The fourth-order valence-electron chi connectivity index (χ4n) is 2.42. The van der Waals surface area contributed by atoms with Crippen LogP contribution in [0.2, 0.25) is 0 Å². The number of carbonyl (C=O) groups is 1. The first-order chi connectivity index (χ1) is 12.8. The zero-order valence-corrected chi connectivity index (χ0v) is 16.4. The molecular formula is C19H21F2N2O3P. The SMILES string of the molecule is COC.COc1ccc(-c2cn(C(F)(F)P)n2-c2ccc(C=O)cc2)cc1. The first kappa shape index (κ1) is 20.8. The van der Waals surface area contributed by atoms with Gasteiger partial charge in [-0.1, -0.05) is 0 Å². The number of aldehydes is 1. The quantitative estimate of drug-likeness (QED) is 0.476. The number of aromatic nitrogens is 2. The highest BCUT2D eigenvalue weighted by Gasteiger charge is 2.31. The molecular weight excluding hydrogens is 373 g/mol. The van der Waals surface area contributed by atoms with Crippen LogP contribution in [0.3, 0.4) is 0 Å². The van der Waals surface area contributed by atoms with Crippen LogP contribution >= 0.6 is 9.24 Å². The normalized spacial score (nSPS) is 10.9. The van der Waals surface area contributed by atoms with Gasteiger partial charge >= 0.3 is 5.79 Å². The van der Waals surface area contributed by atoms with Crippen molar-refractivity contribution in [3.05, 3.63) is 60.3 Å². The smallest absolute Gasteiger partial charge is 0.353 e. The molecule has 3 aromatic rings. The van der Waals surface area contributed by atoms with E-state index in [1.165, 1.54) is 20.1 Å². The maximum absolute atomic E-state index is 13.8. The minimum absolute atomic E-state index is 0.485. The molecule has 1 unspecified atom stereocenters. The van der Waals surface area contributed by atoms with E-state index in [4.69, 9.17) is 4.74 Å². The molecule has 3 rings (SSSR count). The summed E-state index contributed by atoms with van der Waals surface area (Å²) < 4.78 is 39.2. The maximum atomic E-state index is 13.8. The Hall–Kier alpha value is -2.50. The van der Waals surface area contributed by atoms with Gasteiger partial charge in [0.25, 0.3) is 0 Å². The van der Waals surface area contributed by atoms with Gasteiger partial charge in [-0.25, -0.2) is 9.36 Å². The van der Waals surface area contributed by atoms with Crippen LogP contribution in [0.5, 0.6) is 5.75 Å². The molecule has 0 radical (unpaired) electrons. The third kappa shape index (κ3) is 4.81. The summed E-state index contributed by atoms with van der Waals surface area (Å²) in [7, 11) is 6.33. The van der Waals surface area contributed by atoms with Gasteiger partial charge in [0.15, 0.2) is 0 Å². The van der Waals surface area contributed by atoms with Crippen molar-refractivity contribution in [1.82, 2.24) is 9.36 Å². The highest BCUT2D eigenvalue weighted by molar-refractivity contribution is 7.17. The third-order valence-corrected chi connectivity index (χ3v) is 3.92. The molecule has 1 aromatic heterocycles. The molecule has 144 valence electrons. The van der Waals surface area contributed by atoms with Gasteiger partial charge in [0.1, 0.15) is 12.0 Å². The summed E-state index contributed by atoms with van der Waals surface area (Å²) in [6.07, 6.45) is 2.09. The van der Waals surface area contributed by atoms with Crippen LogP contribution in [0, 0.1) is 0 Å². The van der Waals surface area contributed by atoms with Crippen LogP contribution in [0.4, 0.5) is 8.78 Å². The van der Waals surface area contributed by atoms with Crippen molar-refractivity contribution in [2.75, 3.05) is 21.3 Å². The lowest BCUT2D eigenvalue weighted by atomic mass is 10.1. The van der Waals surface area contributed by atoms with Crippen LogP contribution in [0.25, 0.3) is 16.9 Å². The molecule has 0 aliphatic rings. The standard InChI is InChI=1S/C17H15F2N2O2P.C2H6O/c1-23-15-8-4-13(5-9-15)16-10-20(17(18,19)24)21(16)14-6-2-12(11-22)3-7-14;1-3-2/h2-11H,24H2,1H3;1-2H3. The summed E-state index contributed by atoms with van der Waals surface area (Å²) in [4.78, 5) is 10.8. The Morgan fingerprint density at radius 1 is 1.00 bits per heavy atom. The minimum Gasteiger partial charge on any atom is -0.497 e. The van der Waals surface area contributed by atoms with Gasteiger partial charge in [-0.05, 0) is 57.8 Å². The Morgan fingerprint density at radius 3 is 2.00 bits per heavy atom. The number of benzene rings is 2. The van der Waals surface area contributed by atoms with E-state index in [1.54, 1.807) is 69.9 Å². The van der Waals surface area contributed by atoms with Crippen LogP contribution in [0.15, 0.2) is 54.7 Å². The first-order valence-electron chi connectivity index (χ1n) is 7.93. The highest BCUT2D eigenvalue weighted by atomic mass is 31.0. The molecule has 0 aliphatic heterocycles. The van der Waals surface area contributed by atoms with E-state index in [0.717, 1.165) is 10.2 Å². The molecule has 0 fully saturated rings. The lowest BCUT2D eigenvalue weighted by Gasteiger charge is -2.30. The predicted molar refractivity (Wildman–Crippen MR) is 104 cm³/mol. The summed E-state index contributed by atoms with van der Waals surface area (Å²) in [5.41, 5.74) is 2.42. The molecule has 27 heavy (non-hydrogen) atoms. The summed E-state index contributed by atoms with van der Waals surface area (Å²) in [5, 5.41) is 0. The second-order valence-corrected chi connectivity index (χ2v) is 6.30. The van der Waals surface area contributed by atoms with Gasteiger partial charge < -0.3 is 9.47 Å². The number of methoxy groups -OCH3 is 2. The first-order valence-corrected chi connectivity index (χ1v) is 8.51. The van der Waals surface area contributed by atoms with Gasteiger partial charge in [0, 0.05) is 25.3 Å². The Bertz CT molecular complexity index is 866. The average Bonchev–Trinajstić information content (AvgIpc) is 2.62. The summed E-state index contributed by atoms with van der Waals surface area (Å²) in [5.74, 6) is -2.44. The van der Waals surface area contributed by atoms with E-state index in [9.17, 15) is 13.6 Å². The number of alkyl halides is 2. The van der Waals surface area contributed by atoms with E-state index in [2.05, 4.69) is 4.74 Å². The summed E-state index contributed by atoms with van der Waals surface area (Å²) in [6.45, 7) is 0. The predicted octanol–water partition coefficient (Wildman–Crippen LogP) is 4.41. The monoisotopic (exact) mass is 394 g/mol. The van der Waals surface area contributed by atoms with Crippen molar-refractivity contribution in [2.24, 2.45) is 0 Å². The second kappa shape index (κ2) is 8.93. The van der Waals surface area contributed by atoms with Crippen LogP contribution < -0.4 is 4.74 Å². The van der Waals surface area contributed by atoms with Gasteiger partial charge in [-0.15, -0.1) is 0 Å². The van der Waals surface area contributed by atoms with Gasteiger partial charge in [0.05, 0.1) is 24.7 Å². The van der Waals surface area contributed by atoms with E-state index < -0.39 is 5.79 Å². The van der Waals surface area contributed by atoms with Crippen molar-refractivity contribution >= 4 is 15.5 Å².